The molecule has 1 aromatic carbocycles. The van der Waals surface area contributed by atoms with E-state index in [0.717, 1.165) is 16.5 Å². The summed E-state index contributed by atoms with van der Waals surface area (Å²) in [5.74, 6) is 0.978. The van der Waals surface area contributed by atoms with Crippen molar-refractivity contribution in [1.29, 1.82) is 0 Å². The standard InChI is InChI=1S/C14H13N5/c15-11-4-5-13(19-14(11)16)18-12-3-1-2-9-6-7-17-8-10(9)12/h1-8H,15H2,(H3,16,18,19). The molecule has 0 spiro atoms. The first kappa shape index (κ1) is 11.3. The monoisotopic (exact) mass is 251 g/mol. The molecule has 0 aliphatic heterocycles. The van der Waals surface area contributed by atoms with Crippen molar-refractivity contribution in [2.24, 2.45) is 0 Å². The molecule has 94 valence electrons. The second-order valence-corrected chi connectivity index (χ2v) is 4.20. The van der Waals surface area contributed by atoms with Gasteiger partial charge in [-0.15, -0.1) is 0 Å². The molecule has 2 heterocycles. The molecule has 0 saturated heterocycles. The molecule has 3 aromatic rings. The second-order valence-electron chi connectivity index (χ2n) is 4.20. The highest BCUT2D eigenvalue weighted by Crippen LogP contribution is 2.25. The Morgan fingerprint density at radius 1 is 1.00 bits per heavy atom. The summed E-state index contributed by atoms with van der Waals surface area (Å²) in [6.45, 7) is 0. The summed E-state index contributed by atoms with van der Waals surface area (Å²) in [6, 6.07) is 11.5. The first-order valence-electron chi connectivity index (χ1n) is 5.86. The van der Waals surface area contributed by atoms with Crippen LogP contribution in [0.4, 0.5) is 23.0 Å². The highest BCUT2D eigenvalue weighted by Gasteiger charge is 2.03. The second kappa shape index (κ2) is 4.45. The van der Waals surface area contributed by atoms with Crippen LogP contribution in [0.2, 0.25) is 0 Å². The van der Waals surface area contributed by atoms with Crippen molar-refractivity contribution in [3.8, 4) is 0 Å². The third-order valence-electron chi connectivity index (χ3n) is 2.90. The van der Waals surface area contributed by atoms with Gasteiger partial charge in [0.2, 0.25) is 0 Å². The fourth-order valence-electron chi connectivity index (χ4n) is 1.92. The van der Waals surface area contributed by atoms with Gasteiger partial charge in [0.1, 0.15) is 11.6 Å². The van der Waals surface area contributed by atoms with Gasteiger partial charge < -0.3 is 16.8 Å². The Hall–Kier alpha value is -2.82. The van der Waals surface area contributed by atoms with Crippen molar-refractivity contribution < 1.29 is 0 Å². The molecule has 0 aliphatic carbocycles. The van der Waals surface area contributed by atoms with E-state index in [1.54, 1.807) is 18.3 Å². The quantitative estimate of drug-likeness (QED) is 0.651. The van der Waals surface area contributed by atoms with E-state index in [9.17, 15) is 0 Å². The van der Waals surface area contributed by atoms with E-state index in [0.29, 0.717) is 17.3 Å². The van der Waals surface area contributed by atoms with Gasteiger partial charge in [0, 0.05) is 23.5 Å². The summed E-state index contributed by atoms with van der Waals surface area (Å²) in [4.78, 5) is 8.34. The molecule has 5 heteroatoms. The van der Waals surface area contributed by atoms with Crippen LogP contribution < -0.4 is 16.8 Å². The molecule has 0 aliphatic rings. The largest absolute Gasteiger partial charge is 0.396 e. The predicted molar refractivity (Wildman–Crippen MR) is 78.1 cm³/mol. The van der Waals surface area contributed by atoms with E-state index in [-0.39, 0.29) is 0 Å². The van der Waals surface area contributed by atoms with Crippen LogP contribution >= 0.6 is 0 Å². The predicted octanol–water partition coefficient (Wildman–Crippen LogP) is 2.54. The molecule has 3 rings (SSSR count). The Morgan fingerprint density at radius 2 is 1.89 bits per heavy atom. The van der Waals surface area contributed by atoms with Crippen molar-refractivity contribution >= 4 is 33.8 Å². The number of hydrogen-bond acceptors (Lipinski definition) is 5. The Kier molecular flexibility index (Phi) is 2.64. The average molecular weight is 251 g/mol. The Labute approximate surface area is 110 Å². The summed E-state index contributed by atoms with van der Waals surface area (Å²) in [7, 11) is 0. The van der Waals surface area contributed by atoms with Gasteiger partial charge in [-0.3, -0.25) is 4.98 Å². The van der Waals surface area contributed by atoms with E-state index in [4.69, 9.17) is 11.5 Å². The topological polar surface area (TPSA) is 89.8 Å². The minimum Gasteiger partial charge on any atom is -0.396 e. The number of rotatable bonds is 2. The van der Waals surface area contributed by atoms with Crippen LogP contribution in [0.1, 0.15) is 0 Å². The zero-order valence-corrected chi connectivity index (χ0v) is 10.2. The fourth-order valence-corrected chi connectivity index (χ4v) is 1.92. The van der Waals surface area contributed by atoms with Crippen LogP contribution in [-0.2, 0) is 0 Å². The molecule has 5 N–H and O–H groups in total. The van der Waals surface area contributed by atoms with Crippen molar-refractivity contribution in [3.05, 3.63) is 48.8 Å². The van der Waals surface area contributed by atoms with Crippen LogP contribution in [0, 0.1) is 0 Å². The lowest BCUT2D eigenvalue weighted by atomic mass is 10.1. The first-order chi connectivity index (χ1) is 9.24. The number of nitrogens with zero attached hydrogens (tertiary/aromatic N) is 2. The minimum absolute atomic E-state index is 0.323. The van der Waals surface area contributed by atoms with Gasteiger partial charge in [0.25, 0.3) is 0 Å². The van der Waals surface area contributed by atoms with E-state index >= 15 is 0 Å². The van der Waals surface area contributed by atoms with Crippen LogP contribution in [0.3, 0.4) is 0 Å². The number of nitrogen functional groups attached to an aromatic ring is 2. The lowest BCUT2D eigenvalue weighted by Gasteiger charge is -2.09. The number of pyridine rings is 2. The van der Waals surface area contributed by atoms with Gasteiger partial charge in [-0.1, -0.05) is 12.1 Å². The molecule has 0 atom stereocenters. The first-order valence-corrected chi connectivity index (χ1v) is 5.86. The van der Waals surface area contributed by atoms with Crippen molar-refractivity contribution in [2.75, 3.05) is 16.8 Å². The maximum atomic E-state index is 5.70. The number of nitrogens with one attached hydrogen (secondary N) is 1. The number of fused-ring (bicyclic) bond motifs is 1. The molecule has 2 aromatic heterocycles. The van der Waals surface area contributed by atoms with Crippen molar-refractivity contribution in [1.82, 2.24) is 9.97 Å². The summed E-state index contributed by atoms with van der Waals surface area (Å²) in [5.41, 5.74) is 12.8. The van der Waals surface area contributed by atoms with E-state index in [1.807, 2.05) is 30.5 Å². The lowest BCUT2D eigenvalue weighted by Crippen LogP contribution is -2.01. The van der Waals surface area contributed by atoms with E-state index < -0.39 is 0 Å². The van der Waals surface area contributed by atoms with Gasteiger partial charge in [0.15, 0.2) is 0 Å². The van der Waals surface area contributed by atoms with Gasteiger partial charge >= 0.3 is 0 Å². The Balaban J connectivity index is 2.03. The summed E-state index contributed by atoms with van der Waals surface area (Å²) in [5, 5.41) is 5.37. The number of benzene rings is 1. The third-order valence-corrected chi connectivity index (χ3v) is 2.90. The Morgan fingerprint density at radius 3 is 2.74 bits per heavy atom. The molecule has 0 unspecified atom stereocenters. The number of anilines is 4. The van der Waals surface area contributed by atoms with Crippen LogP contribution in [-0.4, -0.2) is 9.97 Å². The lowest BCUT2D eigenvalue weighted by molar-refractivity contribution is 1.32. The minimum atomic E-state index is 0.323. The summed E-state index contributed by atoms with van der Waals surface area (Å²) in [6.07, 6.45) is 3.59. The Bertz CT molecular complexity index is 733. The van der Waals surface area contributed by atoms with Gasteiger partial charge in [-0.25, -0.2) is 4.98 Å². The molecule has 0 bridgehead atoms. The van der Waals surface area contributed by atoms with Crippen LogP contribution in [0.25, 0.3) is 10.8 Å². The number of hydrogen-bond donors (Lipinski definition) is 3. The fraction of sp³-hybridized carbons (Fsp3) is 0. The molecule has 0 amide bonds. The molecule has 19 heavy (non-hydrogen) atoms. The molecule has 5 nitrogen and oxygen atoms in total. The zero-order chi connectivity index (χ0) is 13.2. The highest BCUT2D eigenvalue weighted by molar-refractivity contribution is 5.94. The molecule has 0 saturated carbocycles. The third kappa shape index (κ3) is 2.13. The maximum Gasteiger partial charge on any atom is 0.149 e. The van der Waals surface area contributed by atoms with Gasteiger partial charge in [-0.05, 0) is 29.7 Å². The average Bonchev–Trinajstić information content (AvgIpc) is 2.43. The normalized spacial score (nSPS) is 10.5. The van der Waals surface area contributed by atoms with Gasteiger partial charge in [0.05, 0.1) is 5.69 Å². The van der Waals surface area contributed by atoms with Crippen LogP contribution in [0.5, 0.6) is 0 Å². The van der Waals surface area contributed by atoms with Crippen LogP contribution in [0.15, 0.2) is 48.8 Å². The zero-order valence-electron chi connectivity index (χ0n) is 10.2. The summed E-state index contributed by atoms with van der Waals surface area (Å²) >= 11 is 0. The summed E-state index contributed by atoms with van der Waals surface area (Å²) < 4.78 is 0. The molecular formula is C14H13N5. The smallest absolute Gasteiger partial charge is 0.149 e. The molecular weight excluding hydrogens is 238 g/mol. The van der Waals surface area contributed by atoms with Crippen molar-refractivity contribution in [3.63, 3.8) is 0 Å². The van der Waals surface area contributed by atoms with E-state index in [1.165, 1.54) is 0 Å². The maximum absolute atomic E-state index is 5.70. The highest BCUT2D eigenvalue weighted by atomic mass is 15.0. The molecule has 0 radical (unpaired) electrons. The SMILES string of the molecule is Nc1ccc(Nc2cccc3ccncc23)nc1N. The van der Waals surface area contributed by atoms with E-state index in [2.05, 4.69) is 15.3 Å². The van der Waals surface area contributed by atoms with Gasteiger partial charge in [-0.2, -0.15) is 0 Å². The van der Waals surface area contributed by atoms with Crippen molar-refractivity contribution in [2.45, 2.75) is 0 Å². The number of nitrogens with two attached hydrogens (primary N) is 2. The number of aromatic nitrogens is 2. The molecule has 0 fully saturated rings.